The van der Waals surface area contributed by atoms with E-state index in [4.69, 9.17) is 21.1 Å². The SMILES string of the molecule is COc1ccc(OCCNC(=O)c2c[nH]c3ccc(Cl)cc23)cc1. The van der Waals surface area contributed by atoms with E-state index in [1.54, 1.807) is 25.4 Å². The average Bonchev–Trinajstić information content (AvgIpc) is 3.02. The van der Waals surface area contributed by atoms with Crippen molar-refractivity contribution in [2.24, 2.45) is 0 Å². The van der Waals surface area contributed by atoms with Crippen LogP contribution in [0.5, 0.6) is 11.5 Å². The van der Waals surface area contributed by atoms with E-state index in [9.17, 15) is 4.79 Å². The van der Waals surface area contributed by atoms with Crippen LogP contribution in [0.15, 0.2) is 48.7 Å². The molecule has 2 N–H and O–H groups in total. The molecule has 1 aromatic heterocycles. The first kappa shape index (κ1) is 16.2. The van der Waals surface area contributed by atoms with Gasteiger partial charge in [-0.1, -0.05) is 11.6 Å². The van der Waals surface area contributed by atoms with E-state index < -0.39 is 0 Å². The van der Waals surface area contributed by atoms with Crippen LogP contribution in [0.3, 0.4) is 0 Å². The summed E-state index contributed by atoms with van der Waals surface area (Å²) >= 11 is 5.99. The number of nitrogens with one attached hydrogen (secondary N) is 2. The van der Waals surface area contributed by atoms with Crippen LogP contribution in [0.4, 0.5) is 0 Å². The first-order valence-electron chi connectivity index (χ1n) is 7.49. The Balaban J connectivity index is 1.54. The van der Waals surface area contributed by atoms with Crippen molar-refractivity contribution in [1.82, 2.24) is 10.3 Å². The summed E-state index contributed by atoms with van der Waals surface area (Å²) in [4.78, 5) is 15.3. The van der Waals surface area contributed by atoms with Crippen molar-refractivity contribution in [3.05, 3.63) is 59.2 Å². The van der Waals surface area contributed by atoms with E-state index in [2.05, 4.69) is 10.3 Å². The number of carbonyl (C=O) groups excluding carboxylic acids is 1. The minimum atomic E-state index is -0.165. The highest BCUT2D eigenvalue weighted by molar-refractivity contribution is 6.31. The highest BCUT2D eigenvalue weighted by Gasteiger charge is 2.11. The molecule has 0 saturated carbocycles. The molecule has 3 aromatic rings. The number of H-pyrrole nitrogens is 1. The lowest BCUT2D eigenvalue weighted by molar-refractivity contribution is 0.0948. The van der Waals surface area contributed by atoms with Crippen LogP contribution < -0.4 is 14.8 Å². The van der Waals surface area contributed by atoms with Crippen LogP contribution in [0.1, 0.15) is 10.4 Å². The zero-order valence-corrected chi connectivity index (χ0v) is 13.9. The second-order valence-corrected chi connectivity index (χ2v) is 5.61. The van der Waals surface area contributed by atoms with Gasteiger partial charge in [0.25, 0.3) is 5.91 Å². The molecule has 5 nitrogen and oxygen atoms in total. The lowest BCUT2D eigenvalue weighted by Crippen LogP contribution is -2.27. The molecule has 0 aliphatic carbocycles. The zero-order chi connectivity index (χ0) is 16.9. The third kappa shape index (κ3) is 3.63. The van der Waals surface area contributed by atoms with Crippen LogP contribution in [-0.4, -0.2) is 31.2 Å². The predicted octanol–water partition coefficient (Wildman–Crippen LogP) is 3.64. The maximum absolute atomic E-state index is 12.3. The van der Waals surface area contributed by atoms with Gasteiger partial charge in [-0.15, -0.1) is 0 Å². The highest BCUT2D eigenvalue weighted by Crippen LogP contribution is 2.22. The van der Waals surface area contributed by atoms with Gasteiger partial charge in [-0.25, -0.2) is 0 Å². The Morgan fingerprint density at radius 2 is 1.92 bits per heavy atom. The minimum Gasteiger partial charge on any atom is -0.497 e. The van der Waals surface area contributed by atoms with Crippen molar-refractivity contribution >= 4 is 28.4 Å². The minimum absolute atomic E-state index is 0.165. The number of aromatic amines is 1. The number of hydrogen-bond donors (Lipinski definition) is 2. The van der Waals surface area contributed by atoms with Crippen molar-refractivity contribution in [2.45, 2.75) is 0 Å². The molecule has 124 valence electrons. The lowest BCUT2D eigenvalue weighted by atomic mass is 10.1. The van der Waals surface area contributed by atoms with Crippen LogP contribution in [0.25, 0.3) is 10.9 Å². The zero-order valence-electron chi connectivity index (χ0n) is 13.1. The van der Waals surface area contributed by atoms with E-state index in [0.717, 1.165) is 22.4 Å². The number of carbonyl (C=O) groups is 1. The number of ether oxygens (including phenoxy) is 2. The molecule has 1 heterocycles. The molecule has 0 aliphatic rings. The molecule has 0 radical (unpaired) electrons. The molecule has 0 atom stereocenters. The van der Waals surface area contributed by atoms with Crippen molar-refractivity contribution in [3.63, 3.8) is 0 Å². The van der Waals surface area contributed by atoms with Crippen molar-refractivity contribution in [2.75, 3.05) is 20.3 Å². The van der Waals surface area contributed by atoms with E-state index in [1.165, 1.54) is 0 Å². The summed E-state index contributed by atoms with van der Waals surface area (Å²) in [5, 5.41) is 4.24. The van der Waals surface area contributed by atoms with Gasteiger partial charge in [0, 0.05) is 22.1 Å². The van der Waals surface area contributed by atoms with Crippen molar-refractivity contribution in [1.29, 1.82) is 0 Å². The van der Waals surface area contributed by atoms with Gasteiger partial charge in [0.1, 0.15) is 18.1 Å². The number of rotatable bonds is 6. The number of methoxy groups -OCH3 is 1. The molecule has 0 saturated heterocycles. The highest BCUT2D eigenvalue weighted by atomic mass is 35.5. The third-order valence-electron chi connectivity index (χ3n) is 3.60. The monoisotopic (exact) mass is 344 g/mol. The fraction of sp³-hybridized carbons (Fsp3) is 0.167. The van der Waals surface area contributed by atoms with Crippen LogP contribution in [0, 0.1) is 0 Å². The van der Waals surface area contributed by atoms with Gasteiger partial charge in [-0.05, 0) is 42.5 Å². The standard InChI is InChI=1S/C18H17ClN2O3/c1-23-13-3-5-14(6-4-13)24-9-8-20-18(22)16-11-21-17-7-2-12(19)10-15(16)17/h2-7,10-11,21H,8-9H2,1H3,(H,20,22). The maximum Gasteiger partial charge on any atom is 0.253 e. The van der Waals surface area contributed by atoms with E-state index in [-0.39, 0.29) is 5.91 Å². The fourth-order valence-electron chi connectivity index (χ4n) is 2.38. The van der Waals surface area contributed by atoms with Crippen LogP contribution in [0.2, 0.25) is 5.02 Å². The summed E-state index contributed by atoms with van der Waals surface area (Å²) in [6, 6.07) is 12.7. The molecule has 0 bridgehead atoms. The summed E-state index contributed by atoms with van der Waals surface area (Å²) in [6.07, 6.45) is 1.68. The normalized spacial score (nSPS) is 10.6. The Kier molecular flexibility index (Phi) is 4.91. The Hall–Kier alpha value is -2.66. The van der Waals surface area contributed by atoms with Crippen molar-refractivity contribution < 1.29 is 14.3 Å². The Labute approximate surface area is 144 Å². The van der Waals surface area contributed by atoms with Crippen LogP contribution in [-0.2, 0) is 0 Å². The third-order valence-corrected chi connectivity index (χ3v) is 3.84. The maximum atomic E-state index is 12.3. The molecular weight excluding hydrogens is 328 g/mol. The molecule has 3 rings (SSSR count). The molecule has 1 amide bonds. The second-order valence-electron chi connectivity index (χ2n) is 5.17. The van der Waals surface area contributed by atoms with Gasteiger partial charge in [0.2, 0.25) is 0 Å². The summed E-state index contributed by atoms with van der Waals surface area (Å²) in [5.74, 6) is 1.33. The number of fused-ring (bicyclic) bond motifs is 1. The molecular formula is C18H17ClN2O3. The number of aromatic nitrogens is 1. The predicted molar refractivity (Wildman–Crippen MR) is 94.1 cm³/mol. The van der Waals surface area contributed by atoms with Gasteiger partial charge in [-0.3, -0.25) is 4.79 Å². The van der Waals surface area contributed by atoms with Gasteiger partial charge < -0.3 is 19.8 Å². The number of benzene rings is 2. The first-order valence-corrected chi connectivity index (χ1v) is 7.87. The van der Waals surface area contributed by atoms with Crippen LogP contribution >= 0.6 is 11.6 Å². The second kappa shape index (κ2) is 7.27. The van der Waals surface area contributed by atoms with E-state index in [1.807, 2.05) is 30.3 Å². The van der Waals surface area contributed by atoms with Gasteiger partial charge in [0.05, 0.1) is 19.2 Å². The fourth-order valence-corrected chi connectivity index (χ4v) is 2.55. The summed E-state index contributed by atoms with van der Waals surface area (Å²) in [5.41, 5.74) is 1.44. The molecule has 6 heteroatoms. The molecule has 0 unspecified atom stereocenters. The number of amides is 1. The Morgan fingerprint density at radius 1 is 1.17 bits per heavy atom. The topological polar surface area (TPSA) is 63.4 Å². The summed E-state index contributed by atoms with van der Waals surface area (Å²) in [7, 11) is 1.61. The summed E-state index contributed by atoms with van der Waals surface area (Å²) < 4.78 is 10.7. The van der Waals surface area contributed by atoms with E-state index >= 15 is 0 Å². The summed E-state index contributed by atoms with van der Waals surface area (Å²) in [6.45, 7) is 0.777. The molecule has 0 aliphatic heterocycles. The Bertz CT molecular complexity index is 843. The first-order chi connectivity index (χ1) is 11.7. The smallest absolute Gasteiger partial charge is 0.253 e. The number of halogens is 1. The van der Waals surface area contributed by atoms with E-state index in [0.29, 0.717) is 23.7 Å². The number of hydrogen-bond acceptors (Lipinski definition) is 3. The van der Waals surface area contributed by atoms with Gasteiger partial charge in [-0.2, -0.15) is 0 Å². The Morgan fingerprint density at radius 3 is 2.67 bits per heavy atom. The quantitative estimate of drug-likeness (QED) is 0.671. The molecule has 2 aromatic carbocycles. The van der Waals surface area contributed by atoms with Gasteiger partial charge >= 0.3 is 0 Å². The largest absolute Gasteiger partial charge is 0.497 e. The average molecular weight is 345 g/mol. The van der Waals surface area contributed by atoms with Crippen molar-refractivity contribution in [3.8, 4) is 11.5 Å². The molecule has 0 spiro atoms. The molecule has 0 fully saturated rings. The molecule has 24 heavy (non-hydrogen) atoms. The van der Waals surface area contributed by atoms with Gasteiger partial charge in [0.15, 0.2) is 0 Å². The lowest BCUT2D eigenvalue weighted by Gasteiger charge is -2.08.